The zero-order chi connectivity index (χ0) is 30.9. The van der Waals surface area contributed by atoms with Crippen molar-refractivity contribution >= 4 is 50.7 Å². The molecule has 9 nitrogen and oxygen atoms in total. The molecule has 42 heavy (non-hydrogen) atoms. The van der Waals surface area contributed by atoms with Crippen molar-refractivity contribution in [3.8, 4) is 11.5 Å². The molecule has 0 saturated heterocycles. The van der Waals surface area contributed by atoms with E-state index < -0.39 is 28.5 Å². The minimum atomic E-state index is -4.00. The second-order valence-corrected chi connectivity index (χ2v) is 12.3. The highest BCUT2D eigenvalue weighted by molar-refractivity contribution is 7.92. The lowest BCUT2D eigenvalue weighted by atomic mass is 10.0. The van der Waals surface area contributed by atoms with Gasteiger partial charge in [-0.25, -0.2) is 8.42 Å². The number of hydrogen-bond donors (Lipinski definition) is 1. The topological polar surface area (TPSA) is 105 Å². The highest BCUT2D eigenvalue weighted by Crippen LogP contribution is 2.34. The fraction of sp³-hybridized carbons (Fsp3) is 0.333. The molecule has 0 bridgehead atoms. The summed E-state index contributed by atoms with van der Waals surface area (Å²) in [6.45, 7) is 1.71. The Labute approximate surface area is 257 Å². The number of benzene rings is 3. The van der Waals surface area contributed by atoms with Crippen molar-refractivity contribution < 1.29 is 27.5 Å². The van der Waals surface area contributed by atoms with Crippen LogP contribution in [0.4, 0.5) is 5.69 Å². The van der Waals surface area contributed by atoms with E-state index in [1.165, 1.54) is 25.2 Å². The molecule has 0 unspecified atom stereocenters. The zero-order valence-corrected chi connectivity index (χ0v) is 26.3. The van der Waals surface area contributed by atoms with Crippen LogP contribution in [-0.2, 0) is 32.6 Å². The molecule has 1 atom stereocenters. The Balaban J connectivity index is 2.11. The minimum Gasteiger partial charge on any atom is -0.497 e. The van der Waals surface area contributed by atoms with Crippen LogP contribution in [0, 0.1) is 0 Å². The van der Waals surface area contributed by atoms with E-state index in [2.05, 4.69) is 5.32 Å². The predicted octanol–water partition coefficient (Wildman–Crippen LogP) is 4.94. The van der Waals surface area contributed by atoms with Crippen molar-refractivity contribution in [2.24, 2.45) is 0 Å². The summed E-state index contributed by atoms with van der Waals surface area (Å²) < 4.78 is 37.8. The number of anilines is 1. The van der Waals surface area contributed by atoms with Gasteiger partial charge in [-0.15, -0.1) is 0 Å². The number of carbonyl (C=O) groups excluding carboxylic acids is 2. The Kier molecular flexibility index (Phi) is 11.9. The summed E-state index contributed by atoms with van der Waals surface area (Å²) in [7, 11) is -1.15. The van der Waals surface area contributed by atoms with Crippen molar-refractivity contribution in [1.29, 1.82) is 0 Å². The van der Waals surface area contributed by atoms with E-state index >= 15 is 0 Å². The summed E-state index contributed by atoms with van der Waals surface area (Å²) in [6.07, 6.45) is 1.89. The van der Waals surface area contributed by atoms with Gasteiger partial charge in [-0.2, -0.15) is 0 Å². The normalized spacial score (nSPS) is 11.9. The van der Waals surface area contributed by atoms with Crippen LogP contribution in [0.15, 0.2) is 66.7 Å². The third-order valence-corrected chi connectivity index (χ3v) is 8.36. The lowest BCUT2D eigenvalue weighted by molar-refractivity contribution is -0.140. The molecule has 0 heterocycles. The third-order valence-electron chi connectivity index (χ3n) is 6.49. The van der Waals surface area contributed by atoms with Crippen LogP contribution in [0.1, 0.15) is 24.5 Å². The van der Waals surface area contributed by atoms with Gasteiger partial charge in [0.15, 0.2) is 0 Å². The average molecular weight is 637 g/mol. The first-order chi connectivity index (χ1) is 20.0. The Hall–Kier alpha value is -3.47. The maximum atomic E-state index is 14.2. The Bertz CT molecular complexity index is 1490. The summed E-state index contributed by atoms with van der Waals surface area (Å²) in [4.78, 5) is 29.2. The molecule has 0 aliphatic carbocycles. The smallest absolute Gasteiger partial charge is 0.244 e. The van der Waals surface area contributed by atoms with E-state index in [0.29, 0.717) is 29.3 Å². The quantitative estimate of drug-likeness (QED) is 0.269. The molecule has 0 aliphatic rings. The molecule has 0 saturated carbocycles. The number of nitrogens with one attached hydrogen (secondary N) is 1. The van der Waals surface area contributed by atoms with Gasteiger partial charge in [-0.3, -0.25) is 13.9 Å². The van der Waals surface area contributed by atoms with Crippen LogP contribution < -0.4 is 19.1 Å². The Morgan fingerprint density at radius 1 is 0.929 bits per heavy atom. The van der Waals surface area contributed by atoms with Crippen LogP contribution in [0.25, 0.3) is 0 Å². The molecule has 3 rings (SSSR count). The molecule has 0 radical (unpaired) electrons. The van der Waals surface area contributed by atoms with E-state index in [0.717, 1.165) is 16.1 Å². The molecule has 0 fully saturated rings. The first-order valence-corrected chi connectivity index (χ1v) is 15.8. The van der Waals surface area contributed by atoms with Gasteiger partial charge in [0.05, 0.1) is 36.2 Å². The fourth-order valence-corrected chi connectivity index (χ4v) is 5.51. The van der Waals surface area contributed by atoms with Gasteiger partial charge in [0.1, 0.15) is 24.1 Å². The van der Waals surface area contributed by atoms with Gasteiger partial charge in [-0.1, -0.05) is 66.5 Å². The number of halogens is 2. The van der Waals surface area contributed by atoms with Crippen LogP contribution in [-0.4, -0.2) is 64.7 Å². The van der Waals surface area contributed by atoms with Crippen molar-refractivity contribution in [2.75, 3.05) is 37.9 Å². The van der Waals surface area contributed by atoms with Gasteiger partial charge < -0.3 is 19.7 Å². The van der Waals surface area contributed by atoms with Crippen LogP contribution in [0.2, 0.25) is 10.0 Å². The standard InChI is InChI=1S/C30H35Cl2N3O6S/c1-5-15-33-30(37)27(17-21-9-7-6-8-10-21)34(19-22-11-13-24(31)25(32)16-22)29(36)20-35(42(4,38)39)26-18-23(40-2)12-14-28(26)41-3/h6-14,16,18,27H,5,15,17,19-20H2,1-4H3,(H,33,37)/t27-/m1/s1. The van der Waals surface area contributed by atoms with E-state index in [1.54, 1.807) is 30.3 Å². The molecular formula is C30H35Cl2N3O6S. The number of hydrogen-bond acceptors (Lipinski definition) is 6. The number of amides is 2. The average Bonchev–Trinajstić information content (AvgIpc) is 2.97. The molecule has 2 amide bonds. The number of carbonyl (C=O) groups is 2. The first-order valence-electron chi connectivity index (χ1n) is 13.2. The summed E-state index contributed by atoms with van der Waals surface area (Å²) in [6, 6.07) is 17.9. The number of methoxy groups -OCH3 is 2. The second-order valence-electron chi connectivity index (χ2n) is 9.57. The van der Waals surface area contributed by atoms with Gasteiger partial charge in [-0.05, 0) is 41.8 Å². The molecule has 12 heteroatoms. The summed E-state index contributed by atoms with van der Waals surface area (Å²) >= 11 is 12.4. The lowest BCUT2D eigenvalue weighted by Gasteiger charge is -2.33. The van der Waals surface area contributed by atoms with Crippen LogP contribution in [0.5, 0.6) is 11.5 Å². The summed E-state index contributed by atoms with van der Waals surface area (Å²) in [5, 5.41) is 3.52. The van der Waals surface area contributed by atoms with Crippen molar-refractivity contribution in [1.82, 2.24) is 10.2 Å². The first kappa shape index (κ1) is 33.0. The molecule has 0 aliphatic heterocycles. The molecular weight excluding hydrogens is 601 g/mol. The van der Waals surface area contributed by atoms with Crippen molar-refractivity contribution in [3.05, 3.63) is 87.9 Å². The number of nitrogens with zero attached hydrogens (tertiary/aromatic N) is 2. The highest BCUT2D eigenvalue weighted by atomic mass is 35.5. The Morgan fingerprint density at radius 3 is 2.24 bits per heavy atom. The van der Waals surface area contributed by atoms with Crippen molar-refractivity contribution in [3.63, 3.8) is 0 Å². The SMILES string of the molecule is CCCNC(=O)[C@@H](Cc1ccccc1)N(Cc1ccc(Cl)c(Cl)c1)C(=O)CN(c1cc(OC)ccc1OC)S(C)(=O)=O. The van der Waals surface area contributed by atoms with E-state index in [4.69, 9.17) is 32.7 Å². The number of rotatable bonds is 14. The molecule has 1 N–H and O–H groups in total. The van der Waals surface area contributed by atoms with Gasteiger partial charge >= 0.3 is 0 Å². The van der Waals surface area contributed by atoms with Gasteiger partial charge in [0, 0.05) is 25.6 Å². The predicted molar refractivity (Wildman–Crippen MR) is 166 cm³/mol. The van der Waals surface area contributed by atoms with Gasteiger partial charge in [0.2, 0.25) is 21.8 Å². The minimum absolute atomic E-state index is 0.0282. The zero-order valence-electron chi connectivity index (χ0n) is 24.0. The number of sulfonamides is 1. The molecule has 0 spiro atoms. The molecule has 3 aromatic carbocycles. The van der Waals surface area contributed by atoms with Crippen molar-refractivity contribution in [2.45, 2.75) is 32.4 Å². The largest absolute Gasteiger partial charge is 0.497 e. The lowest BCUT2D eigenvalue weighted by Crippen LogP contribution is -2.53. The fourth-order valence-electron chi connectivity index (χ4n) is 4.34. The second kappa shape index (κ2) is 15.1. The van der Waals surface area contributed by atoms with E-state index in [-0.39, 0.29) is 35.3 Å². The van der Waals surface area contributed by atoms with Crippen LogP contribution >= 0.6 is 23.2 Å². The Morgan fingerprint density at radius 2 is 1.64 bits per heavy atom. The number of ether oxygens (including phenoxy) is 2. The maximum Gasteiger partial charge on any atom is 0.244 e. The monoisotopic (exact) mass is 635 g/mol. The van der Waals surface area contributed by atoms with Crippen LogP contribution in [0.3, 0.4) is 0 Å². The van der Waals surface area contributed by atoms with E-state index in [1.807, 2.05) is 37.3 Å². The summed E-state index contributed by atoms with van der Waals surface area (Å²) in [5.41, 5.74) is 1.57. The third kappa shape index (κ3) is 8.77. The molecule has 3 aromatic rings. The van der Waals surface area contributed by atoms with Gasteiger partial charge in [0.25, 0.3) is 0 Å². The van der Waals surface area contributed by atoms with E-state index in [9.17, 15) is 18.0 Å². The molecule has 226 valence electrons. The maximum absolute atomic E-state index is 14.2. The summed E-state index contributed by atoms with van der Waals surface area (Å²) in [5.74, 6) is -0.366. The highest BCUT2D eigenvalue weighted by Gasteiger charge is 2.34. The molecule has 0 aromatic heterocycles.